The second kappa shape index (κ2) is 9.10. The van der Waals surface area contributed by atoms with Gasteiger partial charge in [-0.05, 0) is 38.1 Å². The zero-order valence-electron chi connectivity index (χ0n) is 15.6. The van der Waals surface area contributed by atoms with Gasteiger partial charge in [0.25, 0.3) is 5.69 Å². The van der Waals surface area contributed by atoms with E-state index in [2.05, 4.69) is 5.32 Å². The van der Waals surface area contributed by atoms with E-state index in [0.29, 0.717) is 0 Å². The van der Waals surface area contributed by atoms with Crippen LogP contribution in [0.15, 0.2) is 41.3 Å². The van der Waals surface area contributed by atoms with Gasteiger partial charge < -0.3 is 15.2 Å². The number of carboxylic acids is 1. The Balaban J connectivity index is 2.29. The van der Waals surface area contributed by atoms with Crippen LogP contribution in [0.1, 0.15) is 20.3 Å². The minimum atomic E-state index is -3.50. The topological polar surface area (TPSA) is 136 Å². The van der Waals surface area contributed by atoms with Crippen LogP contribution in [0.25, 0.3) is 0 Å². The number of ether oxygens (including phenoxy) is 1. The third-order valence-electron chi connectivity index (χ3n) is 3.90. The van der Waals surface area contributed by atoms with Gasteiger partial charge in [0.2, 0.25) is 0 Å². The van der Waals surface area contributed by atoms with Gasteiger partial charge in [0, 0.05) is 18.7 Å². The molecule has 0 saturated heterocycles. The van der Waals surface area contributed by atoms with E-state index in [1.807, 2.05) is 0 Å². The van der Waals surface area contributed by atoms with Gasteiger partial charge in [-0.15, -0.1) is 0 Å². The highest BCUT2D eigenvalue weighted by atomic mass is 35.5. The van der Waals surface area contributed by atoms with Gasteiger partial charge in [0.05, 0.1) is 26.5 Å². The first kappa shape index (κ1) is 22.4. The molecular weight excluding hydrogens is 424 g/mol. The Morgan fingerprint density at radius 2 is 1.97 bits per heavy atom. The largest absolute Gasteiger partial charge is 0.481 e. The highest BCUT2D eigenvalue weighted by Crippen LogP contribution is 2.35. The Bertz CT molecular complexity index is 1040. The molecule has 0 atom stereocenters. The van der Waals surface area contributed by atoms with Crippen LogP contribution in [0.4, 0.5) is 11.4 Å². The molecule has 11 heteroatoms. The van der Waals surface area contributed by atoms with Crippen molar-refractivity contribution in [3.63, 3.8) is 0 Å². The maximum absolute atomic E-state index is 12.2. The molecule has 0 aliphatic rings. The second-order valence-corrected chi connectivity index (χ2v) is 9.21. The molecule has 2 aromatic rings. The molecule has 0 aliphatic carbocycles. The summed E-state index contributed by atoms with van der Waals surface area (Å²) in [6.07, 6.45) is -0.222. The van der Waals surface area contributed by atoms with E-state index in [4.69, 9.17) is 21.4 Å². The Morgan fingerprint density at radius 1 is 1.28 bits per heavy atom. The van der Waals surface area contributed by atoms with Gasteiger partial charge >= 0.3 is 5.97 Å². The lowest BCUT2D eigenvalue weighted by molar-refractivity contribution is -0.384. The van der Waals surface area contributed by atoms with Gasteiger partial charge in [-0.1, -0.05) is 11.6 Å². The molecular formula is C18H19ClN2O7S. The molecule has 0 saturated carbocycles. The quantitative estimate of drug-likeness (QED) is 0.437. The first-order chi connectivity index (χ1) is 13.5. The van der Waals surface area contributed by atoms with Crippen LogP contribution in [0.5, 0.6) is 11.5 Å². The fourth-order valence-corrected chi connectivity index (χ4v) is 3.69. The Labute approximate surface area is 172 Å². The van der Waals surface area contributed by atoms with Gasteiger partial charge in [-0.25, -0.2) is 8.42 Å². The molecule has 0 amide bonds. The van der Waals surface area contributed by atoms with Crippen molar-refractivity contribution >= 4 is 38.8 Å². The number of carbonyl (C=O) groups is 1. The predicted octanol–water partition coefficient (Wildman–Crippen LogP) is 4.11. The maximum atomic E-state index is 12.2. The summed E-state index contributed by atoms with van der Waals surface area (Å²) >= 11 is 6.15. The molecule has 2 N–H and O–H groups in total. The van der Waals surface area contributed by atoms with E-state index >= 15 is 0 Å². The number of benzene rings is 2. The fraction of sp³-hybridized carbons (Fsp3) is 0.278. The van der Waals surface area contributed by atoms with E-state index < -0.39 is 26.0 Å². The average molecular weight is 443 g/mol. The van der Waals surface area contributed by atoms with E-state index in [1.165, 1.54) is 36.4 Å². The number of aliphatic carboxylic acids is 1. The summed E-state index contributed by atoms with van der Waals surface area (Å²) in [6, 6.07) is 7.96. The van der Waals surface area contributed by atoms with Gasteiger partial charge in [-0.2, -0.15) is 0 Å². The van der Waals surface area contributed by atoms with E-state index in [9.17, 15) is 23.3 Å². The number of nitro benzene ring substituents is 1. The summed E-state index contributed by atoms with van der Waals surface area (Å²) in [7, 11) is -3.50. The highest BCUT2D eigenvalue weighted by Gasteiger charge is 2.21. The summed E-state index contributed by atoms with van der Waals surface area (Å²) < 4.78 is 30.1. The number of nitrogens with one attached hydrogen (secondary N) is 1. The van der Waals surface area contributed by atoms with E-state index in [0.717, 1.165) is 0 Å². The standard InChI is InChI=1S/C18H19ClN2O7S/c1-11(2)29(26,27)13-4-6-17(14(19)10-13)28-12-3-5-16(21(24)25)15(9-12)20-8-7-18(22)23/h3-6,9-11,20H,7-8H2,1-2H3,(H,22,23). The number of anilines is 1. The van der Waals surface area contributed by atoms with Crippen molar-refractivity contribution in [3.8, 4) is 11.5 Å². The van der Waals surface area contributed by atoms with Gasteiger partial charge in [0.1, 0.15) is 17.2 Å². The molecule has 0 fully saturated rings. The lowest BCUT2D eigenvalue weighted by Crippen LogP contribution is -2.13. The minimum Gasteiger partial charge on any atom is -0.481 e. The normalized spacial score (nSPS) is 11.3. The van der Waals surface area contributed by atoms with Crippen LogP contribution in [-0.2, 0) is 14.6 Å². The van der Waals surface area contributed by atoms with Crippen molar-refractivity contribution in [1.82, 2.24) is 0 Å². The van der Waals surface area contributed by atoms with Crippen molar-refractivity contribution in [1.29, 1.82) is 0 Å². The molecule has 0 radical (unpaired) electrons. The first-order valence-corrected chi connectivity index (χ1v) is 10.4. The van der Waals surface area contributed by atoms with Gasteiger partial charge in [-0.3, -0.25) is 14.9 Å². The number of carboxylic acid groups (broad SMARTS) is 1. The second-order valence-electron chi connectivity index (χ2n) is 6.29. The first-order valence-electron chi connectivity index (χ1n) is 8.47. The molecule has 0 unspecified atom stereocenters. The summed E-state index contributed by atoms with van der Waals surface area (Å²) in [5.74, 6) is -0.676. The van der Waals surface area contributed by atoms with Crippen LogP contribution in [0, 0.1) is 10.1 Å². The van der Waals surface area contributed by atoms with Crippen LogP contribution in [0.2, 0.25) is 5.02 Å². The van der Waals surface area contributed by atoms with Crippen molar-refractivity contribution in [2.45, 2.75) is 30.4 Å². The van der Waals surface area contributed by atoms with Crippen LogP contribution >= 0.6 is 11.6 Å². The summed E-state index contributed by atoms with van der Waals surface area (Å²) in [4.78, 5) is 21.3. The number of rotatable bonds is 9. The summed E-state index contributed by atoms with van der Waals surface area (Å²) in [5.41, 5.74) is -0.156. The molecule has 29 heavy (non-hydrogen) atoms. The number of halogens is 1. The molecule has 0 bridgehead atoms. The SMILES string of the molecule is CC(C)S(=O)(=O)c1ccc(Oc2ccc([N+](=O)[O-])c(NCCC(=O)O)c2)c(Cl)c1. The average Bonchev–Trinajstić information content (AvgIpc) is 2.62. The fourth-order valence-electron chi connectivity index (χ4n) is 2.32. The molecule has 0 aliphatic heterocycles. The lowest BCUT2D eigenvalue weighted by atomic mass is 10.2. The Morgan fingerprint density at radius 3 is 2.52 bits per heavy atom. The number of hydrogen-bond acceptors (Lipinski definition) is 7. The molecule has 2 rings (SSSR count). The monoisotopic (exact) mass is 442 g/mol. The number of hydrogen-bond donors (Lipinski definition) is 2. The van der Waals surface area contributed by atoms with E-state index in [-0.39, 0.29) is 45.8 Å². The Hall–Kier alpha value is -2.85. The highest BCUT2D eigenvalue weighted by molar-refractivity contribution is 7.92. The number of sulfone groups is 1. The third-order valence-corrected chi connectivity index (χ3v) is 6.35. The molecule has 0 heterocycles. The zero-order valence-corrected chi connectivity index (χ0v) is 17.2. The van der Waals surface area contributed by atoms with Crippen LogP contribution in [0.3, 0.4) is 0 Å². The van der Waals surface area contributed by atoms with Crippen molar-refractivity contribution in [2.75, 3.05) is 11.9 Å². The minimum absolute atomic E-state index is 0.0118. The van der Waals surface area contributed by atoms with Crippen molar-refractivity contribution in [3.05, 3.63) is 51.5 Å². The van der Waals surface area contributed by atoms with Crippen molar-refractivity contribution in [2.24, 2.45) is 0 Å². The maximum Gasteiger partial charge on any atom is 0.305 e. The Kier molecular flexibility index (Phi) is 7.04. The predicted molar refractivity (Wildman–Crippen MR) is 108 cm³/mol. The molecule has 156 valence electrons. The zero-order chi connectivity index (χ0) is 21.8. The lowest BCUT2D eigenvalue weighted by Gasteiger charge is -2.13. The molecule has 0 spiro atoms. The third kappa shape index (κ3) is 5.58. The molecule has 9 nitrogen and oxygen atoms in total. The van der Waals surface area contributed by atoms with Crippen LogP contribution in [-0.4, -0.2) is 36.2 Å². The smallest absolute Gasteiger partial charge is 0.305 e. The number of nitrogens with zero attached hydrogens (tertiary/aromatic N) is 1. The summed E-state index contributed by atoms with van der Waals surface area (Å²) in [6.45, 7) is 3.11. The van der Waals surface area contributed by atoms with Crippen LogP contribution < -0.4 is 10.1 Å². The molecule has 0 aromatic heterocycles. The summed E-state index contributed by atoms with van der Waals surface area (Å²) in [5, 5.41) is 22.0. The van der Waals surface area contributed by atoms with Gasteiger partial charge in [0.15, 0.2) is 9.84 Å². The van der Waals surface area contributed by atoms with E-state index in [1.54, 1.807) is 13.8 Å². The number of nitro groups is 1. The molecule has 2 aromatic carbocycles. The van der Waals surface area contributed by atoms with Crippen molar-refractivity contribution < 1.29 is 28.0 Å².